The Morgan fingerprint density at radius 1 is 1.42 bits per heavy atom. The standard InChI is InChI=1S/C10H16N2/c1-9-3-2-4-10(7-9)5-6-12-8-11/h2-4,7,12H,5-6,8,11H2,1H3. The van der Waals surface area contributed by atoms with E-state index in [9.17, 15) is 0 Å². The molecule has 0 unspecified atom stereocenters. The van der Waals surface area contributed by atoms with Crippen molar-refractivity contribution in [1.82, 2.24) is 5.32 Å². The molecule has 2 heteroatoms. The largest absolute Gasteiger partial charge is 0.318 e. The van der Waals surface area contributed by atoms with Crippen molar-refractivity contribution in [1.29, 1.82) is 0 Å². The van der Waals surface area contributed by atoms with Gasteiger partial charge in [0.1, 0.15) is 0 Å². The second-order valence-electron chi connectivity index (χ2n) is 2.94. The maximum absolute atomic E-state index is 5.31. The zero-order valence-corrected chi connectivity index (χ0v) is 7.51. The Bertz CT molecular complexity index is 233. The summed E-state index contributed by atoms with van der Waals surface area (Å²) in [6.07, 6.45) is 1.05. The number of nitrogens with two attached hydrogens (primary N) is 1. The van der Waals surface area contributed by atoms with E-state index in [4.69, 9.17) is 5.73 Å². The summed E-state index contributed by atoms with van der Waals surface area (Å²) in [5.41, 5.74) is 8.00. The summed E-state index contributed by atoms with van der Waals surface area (Å²) < 4.78 is 0. The maximum Gasteiger partial charge on any atom is 0.0428 e. The van der Waals surface area contributed by atoms with Crippen molar-refractivity contribution in [2.75, 3.05) is 13.2 Å². The van der Waals surface area contributed by atoms with Gasteiger partial charge >= 0.3 is 0 Å². The predicted molar refractivity (Wildman–Crippen MR) is 51.9 cm³/mol. The zero-order valence-electron chi connectivity index (χ0n) is 7.51. The van der Waals surface area contributed by atoms with Gasteiger partial charge in [0.25, 0.3) is 0 Å². The molecule has 0 aliphatic heterocycles. The molecule has 0 atom stereocenters. The Kier molecular flexibility index (Phi) is 3.77. The van der Waals surface area contributed by atoms with E-state index in [0.29, 0.717) is 6.67 Å². The average Bonchev–Trinajstić information content (AvgIpc) is 2.05. The molecule has 0 amide bonds. The first-order valence-electron chi connectivity index (χ1n) is 4.29. The molecule has 0 radical (unpaired) electrons. The van der Waals surface area contributed by atoms with Crippen LogP contribution in [0.2, 0.25) is 0 Å². The van der Waals surface area contributed by atoms with Crippen LogP contribution in [0.3, 0.4) is 0 Å². The third kappa shape index (κ3) is 3.03. The molecule has 1 aromatic carbocycles. The zero-order chi connectivity index (χ0) is 8.81. The molecule has 2 nitrogen and oxygen atoms in total. The van der Waals surface area contributed by atoms with E-state index in [1.807, 2.05) is 0 Å². The first-order chi connectivity index (χ1) is 5.83. The van der Waals surface area contributed by atoms with Crippen LogP contribution >= 0.6 is 0 Å². The molecule has 0 bridgehead atoms. The van der Waals surface area contributed by atoms with Crippen molar-refractivity contribution >= 4 is 0 Å². The monoisotopic (exact) mass is 164 g/mol. The number of hydrogen-bond acceptors (Lipinski definition) is 2. The van der Waals surface area contributed by atoms with Crippen LogP contribution in [-0.2, 0) is 6.42 Å². The van der Waals surface area contributed by atoms with E-state index in [0.717, 1.165) is 13.0 Å². The highest BCUT2D eigenvalue weighted by Crippen LogP contribution is 2.03. The van der Waals surface area contributed by atoms with Crippen molar-refractivity contribution < 1.29 is 0 Å². The van der Waals surface area contributed by atoms with Crippen LogP contribution in [0.4, 0.5) is 0 Å². The van der Waals surface area contributed by atoms with Crippen LogP contribution in [0, 0.1) is 6.92 Å². The number of rotatable bonds is 4. The molecule has 12 heavy (non-hydrogen) atoms. The highest BCUT2D eigenvalue weighted by molar-refractivity contribution is 5.22. The van der Waals surface area contributed by atoms with Gasteiger partial charge in [0.2, 0.25) is 0 Å². The van der Waals surface area contributed by atoms with Crippen molar-refractivity contribution in [3.63, 3.8) is 0 Å². The molecular weight excluding hydrogens is 148 g/mol. The van der Waals surface area contributed by atoms with Crippen LogP contribution in [0.1, 0.15) is 11.1 Å². The van der Waals surface area contributed by atoms with Crippen LogP contribution < -0.4 is 11.1 Å². The quantitative estimate of drug-likeness (QED) is 0.515. The smallest absolute Gasteiger partial charge is 0.0428 e. The van der Waals surface area contributed by atoms with E-state index in [1.54, 1.807) is 0 Å². The van der Waals surface area contributed by atoms with E-state index >= 15 is 0 Å². The molecule has 1 aromatic rings. The number of aryl methyl sites for hydroxylation is 1. The molecule has 66 valence electrons. The van der Waals surface area contributed by atoms with E-state index in [1.165, 1.54) is 11.1 Å². The molecule has 0 saturated carbocycles. The highest BCUT2D eigenvalue weighted by Gasteiger charge is 1.91. The van der Waals surface area contributed by atoms with Crippen LogP contribution in [0.25, 0.3) is 0 Å². The van der Waals surface area contributed by atoms with Crippen molar-refractivity contribution in [2.45, 2.75) is 13.3 Å². The van der Waals surface area contributed by atoms with Gasteiger partial charge in [-0.1, -0.05) is 29.8 Å². The van der Waals surface area contributed by atoms with Gasteiger partial charge in [-0.25, -0.2) is 0 Å². The SMILES string of the molecule is Cc1cccc(CCNCN)c1. The van der Waals surface area contributed by atoms with Gasteiger partial charge in [0.15, 0.2) is 0 Å². The molecular formula is C10H16N2. The molecule has 0 aliphatic carbocycles. The van der Waals surface area contributed by atoms with Crippen LogP contribution in [0.15, 0.2) is 24.3 Å². The molecule has 0 saturated heterocycles. The summed E-state index contributed by atoms with van der Waals surface area (Å²) in [4.78, 5) is 0. The second kappa shape index (κ2) is 4.91. The lowest BCUT2D eigenvalue weighted by atomic mass is 10.1. The minimum Gasteiger partial charge on any atom is -0.318 e. The van der Waals surface area contributed by atoms with E-state index in [2.05, 4.69) is 36.5 Å². The van der Waals surface area contributed by atoms with Gasteiger partial charge in [0, 0.05) is 13.2 Å². The third-order valence-corrected chi connectivity index (χ3v) is 1.82. The first kappa shape index (κ1) is 9.23. The summed E-state index contributed by atoms with van der Waals surface area (Å²) in [7, 11) is 0. The lowest BCUT2D eigenvalue weighted by Crippen LogP contribution is -2.24. The Morgan fingerprint density at radius 2 is 2.25 bits per heavy atom. The van der Waals surface area contributed by atoms with Gasteiger partial charge in [-0.3, -0.25) is 0 Å². The highest BCUT2D eigenvalue weighted by atomic mass is 14.9. The van der Waals surface area contributed by atoms with E-state index < -0.39 is 0 Å². The molecule has 0 aliphatic rings. The maximum atomic E-state index is 5.31. The lowest BCUT2D eigenvalue weighted by Gasteiger charge is -2.02. The average molecular weight is 164 g/mol. The van der Waals surface area contributed by atoms with Gasteiger partial charge in [-0.2, -0.15) is 0 Å². The van der Waals surface area contributed by atoms with Crippen molar-refractivity contribution in [3.8, 4) is 0 Å². The summed E-state index contributed by atoms with van der Waals surface area (Å²) in [6.45, 7) is 3.63. The molecule has 3 N–H and O–H groups in total. The van der Waals surface area contributed by atoms with Gasteiger partial charge in [0.05, 0.1) is 0 Å². The minimum absolute atomic E-state index is 0.561. The van der Waals surface area contributed by atoms with Gasteiger partial charge < -0.3 is 11.1 Å². The summed E-state index contributed by atoms with van der Waals surface area (Å²) in [5, 5.41) is 3.09. The summed E-state index contributed by atoms with van der Waals surface area (Å²) >= 11 is 0. The normalized spacial score (nSPS) is 10.2. The minimum atomic E-state index is 0.561. The molecule has 0 spiro atoms. The molecule has 0 fully saturated rings. The first-order valence-corrected chi connectivity index (χ1v) is 4.29. The second-order valence-corrected chi connectivity index (χ2v) is 2.94. The fraction of sp³-hybridized carbons (Fsp3) is 0.400. The number of nitrogens with one attached hydrogen (secondary N) is 1. The Balaban J connectivity index is 2.41. The Hall–Kier alpha value is -0.860. The Morgan fingerprint density at radius 3 is 2.92 bits per heavy atom. The fourth-order valence-corrected chi connectivity index (χ4v) is 1.20. The lowest BCUT2D eigenvalue weighted by molar-refractivity contribution is 0.701. The topological polar surface area (TPSA) is 38.0 Å². The van der Waals surface area contributed by atoms with Crippen LogP contribution in [0.5, 0.6) is 0 Å². The van der Waals surface area contributed by atoms with Crippen LogP contribution in [-0.4, -0.2) is 13.2 Å². The Labute approximate surface area is 73.8 Å². The fourth-order valence-electron chi connectivity index (χ4n) is 1.20. The third-order valence-electron chi connectivity index (χ3n) is 1.82. The number of benzene rings is 1. The molecule has 0 heterocycles. The van der Waals surface area contributed by atoms with Crippen molar-refractivity contribution in [3.05, 3.63) is 35.4 Å². The molecule has 1 rings (SSSR count). The number of hydrogen-bond donors (Lipinski definition) is 2. The van der Waals surface area contributed by atoms with E-state index in [-0.39, 0.29) is 0 Å². The predicted octanol–water partition coefficient (Wildman–Crippen LogP) is 1.04. The van der Waals surface area contributed by atoms with Gasteiger partial charge in [-0.05, 0) is 18.9 Å². The molecule has 0 aromatic heterocycles. The van der Waals surface area contributed by atoms with Crippen molar-refractivity contribution in [2.24, 2.45) is 5.73 Å². The summed E-state index contributed by atoms with van der Waals surface area (Å²) in [5.74, 6) is 0. The van der Waals surface area contributed by atoms with Gasteiger partial charge in [-0.15, -0.1) is 0 Å². The summed E-state index contributed by atoms with van der Waals surface area (Å²) in [6, 6.07) is 8.55.